The standard InChI is InChI=1S/C23H20N2O/c1-14-7-9-15(10-8-14)23-22-17(4-2-6-20(22)26)21-16-5-3-13-24-18(16)11-12-19(21)25-23/h3,5,7-13,23,25H,2,4,6H2,1H3. The molecule has 0 saturated carbocycles. The molecule has 0 bridgehead atoms. The third-order valence-electron chi connectivity index (χ3n) is 5.54. The van der Waals surface area contributed by atoms with Crippen LogP contribution in [0.4, 0.5) is 5.69 Å². The van der Waals surface area contributed by atoms with Gasteiger partial charge in [-0.1, -0.05) is 35.9 Å². The Balaban J connectivity index is 1.78. The number of Topliss-reactive ketones (excluding diaryl/α,β-unsaturated/α-hetero) is 1. The Morgan fingerprint density at radius 1 is 1.04 bits per heavy atom. The number of nitrogens with zero attached hydrogens (tertiary/aromatic N) is 1. The second kappa shape index (κ2) is 5.80. The minimum atomic E-state index is -0.0694. The van der Waals surface area contributed by atoms with Crippen molar-refractivity contribution in [2.75, 3.05) is 5.32 Å². The van der Waals surface area contributed by atoms with E-state index in [4.69, 9.17) is 0 Å². The highest BCUT2D eigenvalue weighted by Crippen LogP contribution is 2.47. The molecular weight excluding hydrogens is 320 g/mol. The average Bonchev–Trinajstić information content (AvgIpc) is 2.68. The highest BCUT2D eigenvalue weighted by Gasteiger charge is 2.34. The lowest BCUT2D eigenvalue weighted by molar-refractivity contribution is -0.116. The van der Waals surface area contributed by atoms with E-state index in [1.807, 2.05) is 12.3 Å². The van der Waals surface area contributed by atoms with Crippen molar-refractivity contribution >= 4 is 27.9 Å². The van der Waals surface area contributed by atoms with Crippen LogP contribution in [0.3, 0.4) is 0 Å². The SMILES string of the molecule is Cc1ccc(C2Nc3ccc4ncccc4c3C3=C2C(=O)CCC3)cc1. The third-order valence-corrected chi connectivity index (χ3v) is 5.54. The number of benzene rings is 2. The topological polar surface area (TPSA) is 42.0 Å². The van der Waals surface area contributed by atoms with E-state index in [1.165, 1.54) is 16.7 Å². The van der Waals surface area contributed by atoms with Crippen LogP contribution in [0, 0.1) is 6.92 Å². The number of fused-ring (bicyclic) bond motifs is 4. The summed E-state index contributed by atoms with van der Waals surface area (Å²) in [6, 6.07) is 16.7. The van der Waals surface area contributed by atoms with Gasteiger partial charge in [-0.2, -0.15) is 0 Å². The lowest BCUT2D eigenvalue weighted by Crippen LogP contribution is -2.27. The van der Waals surface area contributed by atoms with E-state index in [0.717, 1.165) is 40.6 Å². The monoisotopic (exact) mass is 340 g/mol. The Morgan fingerprint density at radius 3 is 2.73 bits per heavy atom. The summed E-state index contributed by atoms with van der Waals surface area (Å²) in [4.78, 5) is 17.4. The van der Waals surface area contributed by atoms with Crippen LogP contribution in [0.2, 0.25) is 0 Å². The molecule has 1 aliphatic heterocycles. The van der Waals surface area contributed by atoms with Crippen LogP contribution in [0.15, 0.2) is 60.3 Å². The summed E-state index contributed by atoms with van der Waals surface area (Å²) in [6.45, 7) is 2.09. The van der Waals surface area contributed by atoms with Gasteiger partial charge in [-0.05, 0) is 49.1 Å². The Kier molecular flexibility index (Phi) is 3.42. The number of carbonyl (C=O) groups is 1. The van der Waals surface area contributed by atoms with E-state index in [0.29, 0.717) is 6.42 Å². The molecule has 3 heteroatoms. The maximum Gasteiger partial charge on any atom is 0.161 e. The van der Waals surface area contributed by atoms with Gasteiger partial charge >= 0.3 is 0 Å². The highest BCUT2D eigenvalue weighted by atomic mass is 16.1. The number of hydrogen-bond acceptors (Lipinski definition) is 3. The Morgan fingerprint density at radius 2 is 1.88 bits per heavy atom. The fourth-order valence-electron chi connectivity index (χ4n) is 4.29. The molecule has 1 atom stereocenters. The van der Waals surface area contributed by atoms with Crippen LogP contribution in [0.5, 0.6) is 0 Å². The lowest BCUT2D eigenvalue weighted by Gasteiger charge is -2.35. The molecule has 2 aromatic carbocycles. The van der Waals surface area contributed by atoms with Gasteiger partial charge < -0.3 is 5.32 Å². The molecule has 128 valence electrons. The summed E-state index contributed by atoms with van der Waals surface area (Å²) in [5, 5.41) is 4.77. The second-order valence-electron chi connectivity index (χ2n) is 7.22. The number of carbonyl (C=O) groups excluding carboxylic acids is 1. The number of aryl methyl sites for hydroxylation is 1. The van der Waals surface area contributed by atoms with Gasteiger partial charge in [0, 0.05) is 34.8 Å². The molecule has 0 radical (unpaired) electrons. The van der Waals surface area contributed by atoms with E-state index in [9.17, 15) is 4.79 Å². The van der Waals surface area contributed by atoms with Gasteiger partial charge in [0.2, 0.25) is 0 Å². The van der Waals surface area contributed by atoms with Crippen LogP contribution < -0.4 is 5.32 Å². The van der Waals surface area contributed by atoms with Gasteiger partial charge in [0.25, 0.3) is 0 Å². The second-order valence-corrected chi connectivity index (χ2v) is 7.22. The molecule has 3 nitrogen and oxygen atoms in total. The van der Waals surface area contributed by atoms with Crippen molar-refractivity contribution < 1.29 is 4.79 Å². The van der Waals surface area contributed by atoms with Gasteiger partial charge in [-0.25, -0.2) is 0 Å². The number of hydrogen-bond donors (Lipinski definition) is 1. The molecule has 1 aliphatic carbocycles. The summed E-state index contributed by atoms with van der Waals surface area (Å²) >= 11 is 0. The lowest BCUT2D eigenvalue weighted by atomic mass is 9.77. The first-order valence-electron chi connectivity index (χ1n) is 9.20. The van der Waals surface area contributed by atoms with Gasteiger partial charge in [0.1, 0.15) is 0 Å². The molecule has 0 saturated heterocycles. The minimum Gasteiger partial charge on any atom is -0.373 e. The number of rotatable bonds is 1. The smallest absolute Gasteiger partial charge is 0.161 e. The number of pyridine rings is 1. The summed E-state index contributed by atoms with van der Waals surface area (Å²) in [5.41, 5.74) is 7.78. The minimum absolute atomic E-state index is 0.0694. The van der Waals surface area contributed by atoms with Gasteiger partial charge in [-0.3, -0.25) is 9.78 Å². The molecule has 0 spiro atoms. The van der Waals surface area contributed by atoms with E-state index in [2.05, 4.69) is 59.7 Å². The zero-order chi connectivity index (χ0) is 17.7. The first kappa shape index (κ1) is 15.3. The van der Waals surface area contributed by atoms with E-state index in [-0.39, 0.29) is 11.8 Å². The van der Waals surface area contributed by atoms with E-state index < -0.39 is 0 Å². The number of anilines is 1. The summed E-state index contributed by atoms with van der Waals surface area (Å²) in [5.74, 6) is 0.274. The normalized spacial score (nSPS) is 19.1. The van der Waals surface area contributed by atoms with Crippen molar-refractivity contribution in [1.82, 2.24) is 4.98 Å². The van der Waals surface area contributed by atoms with Gasteiger partial charge in [-0.15, -0.1) is 0 Å². The number of aromatic nitrogens is 1. The predicted molar refractivity (Wildman–Crippen MR) is 105 cm³/mol. The highest BCUT2D eigenvalue weighted by molar-refractivity contribution is 6.12. The van der Waals surface area contributed by atoms with Crippen LogP contribution in [0.25, 0.3) is 16.5 Å². The molecule has 3 aromatic rings. The van der Waals surface area contributed by atoms with Crippen molar-refractivity contribution in [1.29, 1.82) is 0 Å². The Hall–Kier alpha value is -2.94. The maximum absolute atomic E-state index is 12.9. The van der Waals surface area contributed by atoms with E-state index in [1.54, 1.807) is 0 Å². The molecule has 1 N–H and O–H groups in total. The first-order chi connectivity index (χ1) is 12.7. The van der Waals surface area contributed by atoms with Crippen LogP contribution >= 0.6 is 0 Å². The summed E-state index contributed by atoms with van der Waals surface area (Å²) in [6.07, 6.45) is 4.34. The van der Waals surface area contributed by atoms with Crippen molar-refractivity contribution in [3.05, 3.63) is 77.0 Å². The average molecular weight is 340 g/mol. The summed E-state index contributed by atoms with van der Waals surface area (Å²) in [7, 11) is 0. The summed E-state index contributed by atoms with van der Waals surface area (Å²) < 4.78 is 0. The molecule has 26 heavy (non-hydrogen) atoms. The Bertz CT molecular complexity index is 1060. The van der Waals surface area contributed by atoms with Crippen molar-refractivity contribution in [3.63, 3.8) is 0 Å². The largest absolute Gasteiger partial charge is 0.373 e. The fourth-order valence-corrected chi connectivity index (χ4v) is 4.29. The molecule has 0 amide bonds. The van der Waals surface area contributed by atoms with Crippen molar-refractivity contribution in [2.24, 2.45) is 0 Å². The number of allylic oxidation sites excluding steroid dienone is 1. The van der Waals surface area contributed by atoms with Gasteiger partial charge in [0.15, 0.2) is 5.78 Å². The maximum atomic E-state index is 12.9. The zero-order valence-electron chi connectivity index (χ0n) is 14.8. The van der Waals surface area contributed by atoms with E-state index >= 15 is 0 Å². The van der Waals surface area contributed by atoms with Crippen LogP contribution in [-0.2, 0) is 4.79 Å². The predicted octanol–water partition coefficient (Wildman–Crippen LogP) is 5.22. The molecule has 1 aromatic heterocycles. The fraction of sp³-hybridized carbons (Fsp3) is 0.217. The molecule has 2 aliphatic rings. The van der Waals surface area contributed by atoms with Crippen LogP contribution in [0.1, 0.15) is 42.0 Å². The molecule has 1 unspecified atom stereocenters. The first-order valence-corrected chi connectivity index (χ1v) is 9.20. The molecular formula is C23H20N2O. The van der Waals surface area contributed by atoms with Crippen molar-refractivity contribution in [2.45, 2.75) is 32.2 Å². The van der Waals surface area contributed by atoms with Crippen molar-refractivity contribution in [3.8, 4) is 0 Å². The molecule has 2 heterocycles. The molecule has 0 fully saturated rings. The number of nitrogens with one attached hydrogen (secondary N) is 1. The van der Waals surface area contributed by atoms with Crippen LogP contribution in [-0.4, -0.2) is 10.8 Å². The number of ketones is 1. The quantitative estimate of drug-likeness (QED) is 0.660. The zero-order valence-corrected chi connectivity index (χ0v) is 14.8. The third kappa shape index (κ3) is 2.27. The van der Waals surface area contributed by atoms with Gasteiger partial charge in [0.05, 0.1) is 11.6 Å². The molecule has 5 rings (SSSR count). The Labute approximate surface area is 152 Å².